The lowest BCUT2D eigenvalue weighted by Gasteiger charge is -2.11. The summed E-state index contributed by atoms with van der Waals surface area (Å²) in [6.45, 7) is 9.47. The van der Waals surface area contributed by atoms with Crippen LogP contribution in [0.3, 0.4) is 0 Å². The molecular weight excluding hydrogens is 218 g/mol. The first-order chi connectivity index (χ1) is 8.15. The highest BCUT2D eigenvalue weighted by molar-refractivity contribution is 5.36. The third-order valence-corrected chi connectivity index (χ3v) is 1.80. The summed E-state index contributed by atoms with van der Waals surface area (Å²) in [6, 6.07) is 0.631. The highest BCUT2D eigenvalue weighted by Crippen LogP contribution is 2.12. The molecular formula is C11H21N5O. The number of anilines is 2. The Balaban J connectivity index is 2.84. The topological polar surface area (TPSA) is 72.0 Å². The molecule has 0 aliphatic carbocycles. The highest BCUT2D eigenvalue weighted by Gasteiger charge is 2.07. The second kappa shape index (κ2) is 6.88. The molecule has 0 saturated carbocycles. The largest absolute Gasteiger partial charge is 0.463 e. The van der Waals surface area contributed by atoms with E-state index in [0.29, 0.717) is 24.5 Å². The van der Waals surface area contributed by atoms with Gasteiger partial charge in [0.2, 0.25) is 11.9 Å². The van der Waals surface area contributed by atoms with Gasteiger partial charge in [0.15, 0.2) is 0 Å². The molecule has 1 aromatic rings. The van der Waals surface area contributed by atoms with Crippen LogP contribution in [0, 0.1) is 0 Å². The van der Waals surface area contributed by atoms with Crippen molar-refractivity contribution in [2.24, 2.45) is 0 Å². The van der Waals surface area contributed by atoms with Crippen molar-refractivity contribution < 1.29 is 4.74 Å². The van der Waals surface area contributed by atoms with E-state index in [-0.39, 0.29) is 6.04 Å². The minimum atomic E-state index is 0.269. The van der Waals surface area contributed by atoms with Crippen LogP contribution < -0.4 is 15.4 Å². The van der Waals surface area contributed by atoms with E-state index >= 15 is 0 Å². The maximum atomic E-state index is 5.42. The molecule has 0 bridgehead atoms. The molecule has 0 aromatic carbocycles. The van der Waals surface area contributed by atoms with Crippen LogP contribution in [0.5, 0.6) is 6.01 Å². The number of nitrogens with zero attached hydrogens (tertiary/aromatic N) is 3. The van der Waals surface area contributed by atoms with Gasteiger partial charge in [-0.3, -0.25) is 0 Å². The molecule has 96 valence electrons. The quantitative estimate of drug-likeness (QED) is 0.757. The zero-order valence-corrected chi connectivity index (χ0v) is 10.9. The lowest BCUT2D eigenvalue weighted by atomic mass is 10.4. The van der Waals surface area contributed by atoms with Gasteiger partial charge in [0, 0.05) is 12.6 Å². The zero-order valence-electron chi connectivity index (χ0n) is 10.9. The number of rotatable bonds is 7. The van der Waals surface area contributed by atoms with Gasteiger partial charge in [-0.25, -0.2) is 0 Å². The molecule has 1 aromatic heterocycles. The van der Waals surface area contributed by atoms with E-state index in [9.17, 15) is 0 Å². The van der Waals surface area contributed by atoms with Crippen molar-refractivity contribution in [3.63, 3.8) is 0 Å². The van der Waals surface area contributed by atoms with E-state index in [2.05, 4.69) is 25.6 Å². The minimum absolute atomic E-state index is 0.269. The number of nitrogens with one attached hydrogen (secondary N) is 2. The van der Waals surface area contributed by atoms with Crippen LogP contribution in [0.2, 0.25) is 0 Å². The molecule has 1 rings (SSSR count). The Kier molecular flexibility index (Phi) is 5.45. The molecule has 0 radical (unpaired) electrons. The summed E-state index contributed by atoms with van der Waals surface area (Å²) in [7, 11) is 0. The summed E-state index contributed by atoms with van der Waals surface area (Å²) in [5.74, 6) is 1.08. The van der Waals surface area contributed by atoms with Crippen molar-refractivity contribution in [2.75, 3.05) is 23.8 Å². The average Bonchev–Trinajstić information content (AvgIpc) is 2.25. The smallest absolute Gasteiger partial charge is 0.323 e. The number of ether oxygens (including phenoxy) is 1. The first-order valence-corrected chi connectivity index (χ1v) is 6.05. The molecule has 0 atom stereocenters. The van der Waals surface area contributed by atoms with Crippen LogP contribution in [0.4, 0.5) is 11.9 Å². The molecule has 6 heteroatoms. The third-order valence-electron chi connectivity index (χ3n) is 1.80. The predicted octanol–water partition coefficient (Wildman–Crippen LogP) is 1.91. The fourth-order valence-corrected chi connectivity index (χ4v) is 1.17. The van der Waals surface area contributed by atoms with Crippen LogP contribution in [0.25, 0.3) is 0 Å². The predicted molar refractivity (Wildman–Crippen MR) is 68.5 cm³/mol. The Labute approximate surface area is 102 Å². The fourth-order valence-electron chi connectivity index (χ4n) is 1.17. The standard InChI is InChI=1S/C11H21N5O/c1-5-7-17-11-15-9(12-6-2)14-10(16-11)13-8(3)4/h8H,5-7H2,1-4H3,(H2,12,13,14,15,16). The molecule has 1 heterocycles. The normalized spacial score (nSPS) is 10.4. The van der Waals surface area contributed by atoms with E-state index in [1.807, 2.05) is 27.7 Å². The molecule has 0 amide bonds. The van der Waals surface area contributed by atoms with Gasteiger partial charge >= 0.3 is 6.01 Å². The van der Waals surface area contributed by atoms with E-state index < -0.39 is 0 Å². The van der Waals surface area contributed by atoms with Gasteiger partial charge in [-0.15, -0.1) is 0 Å². The lowest BCUT2D eigenvalue weighted by molar-refractivity contribution is 0.292. The van der Waals surface area contributed by atoms with Crippen molar-refractivity contribution in [1.29, 1.82) is 0 Å². The van der Waals surface area contributed by atoms with E-state index in [1.54, 1.807) is 0 Å². The first-order valence-electron chi connectivity index (χ1n) is 6.05. The molecule has 2 N–H and O–H groups in total. The van der Waals surface area contributed by atoms with E-state index in [1.165, 1.54) is 0 Å². The Morgan fingerprint density at radius 3 is 2.41 bits per heavy atom. The monoisotopic (exact) mass is 239 g/mol. The van der Waals surface area contributed by atoms with Crippen molar-refractivity contribution in [3.05, 3.63) is 0 Å². The molecule has 0 aliphatic heterocycles. The Morgan fingerprint density at radius 2 is 1.82 bits per heavy atom. The summed E-state index contributed by atoms with van der Waals surface area (Å²) in [5.41, 5.74) is 0. The summed E-state index contributed by atoms with van der Waals surface area (Å²) in [4.78, 5) is 12.6. The molecule has 17 heavy (non-hydrogen) atoms. The van der Waals surface area contributed by atoms with Crippen LogP contribution >= 0.6 is 0 Å². The molecule has 0 fully saturated rings. The minimum Gasteiger partial charge on any atom is -0.463 e. The molecule has 0 aliphatic rings. The number of hydrogen-bond acceptors (Lipinski definition) is 6. The lowest BCUT2D eigenvalue weighted by Crippen LogP contribution is -2.15. The summed E-state index contributed by atoms with van der Waals surface area (Å²) in [5, 5.41) is 6.19. The van der Waals surface area contributed by atoms with Gasteiger partial charge in [0.05, 0.1) is 6.61 Å². The zero-order chi connectivity index (χ0) is 12.7. The molecule has 0 spiro atoms. The van der Waals surface area contributed by atoms with Crippen molar-refractivity contribution >= 4 is 11.9 Å². The van der Waals surface area contributed by atoms with Crippen LogP contribution in [-0.4, -0.2) is 34.1 Å². The number of aromatic nitrogens is 3. The molecule has 6 nitrogen and oxygen atoms in total. The van der Waals surface area contributed by atoms with Crippen molar-refractivity contribution in [3.8, 4) is 6.01 Å². The van der Waals surface area contributed by atoms with E-state index in [4.69, 9.17) is 4.74 Å². The van der Waals surface area contributed by atoms with Gasteiger partial charge in [-0.1, -0.05) is 6.92 Å². The van der Waals surface area contributed by atoms with Crippen LogP contribution in [0.1, 0.15) is 34.1 Å². The van der Waals surface area contributed by atoms with Crippen molar-refractivity contribution in [1.82, 2.24) is 15.0 Å². The van der Waals surface area contributed by atoms with Gasteiger partial charge in [0.1, 0.15) is 0 Å². The fraction of sp³-hybridized carbons (Fsp3) is 0.727. The maximum absolute atomic E-state index is 5.42. The van der Waals surface area contributed by atoms with Crippen LogP contribution in [0.15, 0.2) is 0 Å². The maximum Gasteiger partial charge on any atom is 0.323 e. The summed E-state index contributed by atoms with van der Waals surface area (Å²) < 4.78 is 5.42. The first kappa shape index (κ1) is 13.5. The van der Waals surface area contributed by atoms with Crippen molar-refractivity contribution in [2.45, 2.75) is 40.2 Å². The van der Waals surface area contributed by atoms with Gasteiger partial charge < -0.3 is 15.4 Å². The Bertz CT molecular complexity index is 343. The molecule has 0 unspecified atom stereocenters. The highest BCUT2D eigenvalue weighted by atomic mass is 16.5. The second-order valence-electron chi connectivity index (χ2n) is 3.94. The summed E-state index contributed by atoms with van der Waals surface area (Å²) in [6.07, 6.45) is 0.926. The van der Waals surface area contributed by atoms with Gasteiger partial charge in [0.25, 0.3) is 0 Å². The SMILES string of the molecule is CCCOc1nc(NCC)nc(NC(C)C)n1. The average molecular weight is 239 g/mol. The van der Waals surface area contributed by atoms with Gasteiger partial charge in [-0.05, 0) is 27.2 Å². The van der Waals surface area contributed by atoms with Crippen LogP contribution in [-0.2, 0) is 0 Å². The van der Waals surface area contributed by atoms with Gasteiger partial charge in [-0.2, -0.15) is 15.0 Å². The number of hydrogen-bond donors (Lipinski definition) is 2. The van der Waals surface area contributed by atoms with E-state index in [0.717, 1.165) is 13.0 Å². The second-order valence-corrected chi connectivity index (χ2v) is 3.94. The Hall–Kier alpha value is -1.59. The summed E-state index contributed by atoms with van der Waals surface area (Å²) >= 11 is 0. The molecule has 0 saturated heterocycles. The third kappa shape index (κ3) is 4.84. The Morgan fingerprint density at radius 1 is 1.12 bits per heavy atom.